The van der Waals surface area contributed by atoms with E-state index in [9.17, 15) is 17.6 Å². The first-order valence-electron chi connectivity index (χ1n) is 8.92. The zero-order chi connectivity index (χ0) is 21.9. The molecule has 0 spiro atoms. The number of hydrogen-bond donors (Lipinski definition) is 1. The van der Waals surface area contributed by atoms with Crippen LogP contribution in [0.3, 0.4) is 0 Å². The molecule has 1 aromatic heterocycles. The molecular formula is C20H20ClFN4O3S. The number of imidazole rings is 1. The SMILES string of the molecule is CN(CC(=O)N[C@H](c1ccc(F)cc1)c1nccn1C)S(=O)(=O)c1ccc(Cl)cc1. The standard InChI is InChI=1S/C20H20ClFN4O3S/c1-25-12-11-23-20(25)19(14-3-7-16(22)8-4-14)24-18(27)13-26(2)30(28,29)17-9-5-15(21)6-10-17/h3-12,19H,13H2,1-2H3,(H,24,27)/t19-/m1/s1. The number of aromatic nitrogens is 2. The molecule has 1 atom stereocenters. The highest BCUT2D eigenvalue weighted by atomic mass is 35.5. The molecule has 0 saturated heterocycles. The third-order valence-electron chi connectivity index (χ3n) is 4.51. The van der Waals surface area contributed by atoms with Gasteiger partial charge in [0.25, 0.3) is 0 Å². The van der Waals surface area contributed by atoms with Crippen LogP contribution in [0.15, 0.2) is 65.8 Å². The van der Waals surface area contributed by atoms with Gasteiger partial charge in [-0.1, -0.05) is 23.7 Å². The van der Waals surface area contributed by atoms with Crippen molar-refractivity contribution in [1.82, 2.24) is 19.2 Å². The van der Waals surface area contributed by atoms with Crippen molar-refractivity contribution >= 4 is 27.5 Å². The van der Waals surface area contributed by atoms with Gasteiger partial charge in [0.05, 0.1) is 11.4 Å². The topological polar surface area (TPSA) is 84.3 Å². The van der Waals surface area contributed by atoms with Crippen molar-refractivity contribution < 1.29 is 17.6 Å². The van der Waals surface area contributed by atoms with E-state index in [1.165, 1.54) is 43.4 Å². The van der Waals surface area contributed by atoms with Gasteiger partial charge in [-0.25, -0.2) is 17.8 Å². The van der Waals surface area contributed by atoms with E-state index >= 15 is 0 Å². The molecule has 1 N–H and O–H groups in total. The minimum absolute atomic E-state index is 0.0291. The second-order valence-electron chi connectivity index (χ2n) is 6.66. The number of likely N-dealkylation sites (N-methyl/N-ethyl adjacent to an activating group) is 1. The molecule has 158 valence electrons. The Morgan fingerprint density at radius 2 is 1.83 bits per heavy atom. The van der Waals surface area contributed by atoms with Gasteiger partial charge in [-0.05, 0) is 42.0 Å². The Balaban J connectivity index is 1.80. The van der Waals surface area contributed by atoms with Crippen molar-refractivity contribution in [2.75, 3.05) is 13.6 Å². The summed E-state index contributed by atoms with van der Waals surface area (Å²) in [5.74, 6) is -0.414. The van der Waals surface area contributed by atoms with Crippen molar-refractivity contribution in [3.8, 4) is 0 Å². The molecule has 0 fully saturated rings. The molecule has 0 saturated carbocycles. The van der Waals surface area contributed by atoms with Crippen LogP contribution in [0.4, 0.5) is 4.39 Å². The molecule has 10 heteroatoms. The Kier molecular flexibility index (Phi) is 6.55. The fraction of sp³-hybridized carbons (Fsp3) is 0.200. The van der Waals surface area contributed by atoms with Gasteiger partial charge < -0.3 is 9.88 Å². The summed E-state index contributed by atoms with van der Waals surface area (Å²) in [6.45, 7) is -0.410. The van der Waals surface area contributed by atoms with Crippen molar-refractivity contribution in [3.63, 3.8) is 0 Å². The van der Waals surface area contributed by atoms with E-state index in [1.54, 1.807) is 36.1 Å². The first kappa shape index (κ1) is 21.9. The lowest BCUT2D eigenvalue weighted by Gasteiger charge is -2.22. The van der Waals surface area contributed by atoms with Gasteiger partial charge in [-0.15, -0.1) is 0 Å². The van der Waals surface area contributed by atoms with E-state index in [-0.39, 0.29) is 4.90 Å². The molecule has 0 aliphatic rings. The number of halogens is 2. The predicted molar refractivity (Wildman–Crippen MR) is 111 cm³/mol. The largest absolute Gasteiger partial charge is 0.341 e. The lowest BCUT2D eigenvalue weighted by Crippen LogP contribution is -2.40. The molecule has 0 aliphatic heterocycles. The lowest BCUT2D eigenvalue weighted by molar-refractivity contribution is -0.121. The van der Waals surface area contributed by atoms with Crippen LogP contribution >= 0.6 is 11.6 Å². The second kappa shape index (κ2) is 8.95. The van der Waals surface area contributed by atoms with Crippen LogP contribution in [0.5, 0.6) is 0 Å². The molecule has 2 aromatic carbocycles. The first-order chi connectivity index (χ1) is 14.2. The van der Waals surface area contributed by atoms with Crippen LogP contribution < -0.4 is 5.32 Å². The van der Waals surface area contributed by atoms with Crippen LogP contribution in [0.25, 0.3) is 0 Å². The van der Waals surface area contributed by atoms with Crippen LogP contribution in [-0.2, 0) is 21.9 Å². The summed E-state index contributed by atoms with van der Waals surface area (Å²) in [6.07, 6.45) is 3.30. The highest BCUT2D eigenvalue weighted by Gasteiger charge is 2.26. The molecule has 0 bridgehead atoms. The number of amides is 1. The quantitative estimate of drug-likeness (QED) is 0.600. The summed E-state index contributed by atoms with van der Waals surface area (Å²) in [5.41, 5.74) is 0.613. The minimum atomic E-state index is -3.88. The average Bonchev–Trinajstić information content (AvgIpc) is 3.13. The summed E-state index contributed by atoms with van der Waals surface area (Å²) in [7, 11) is -0.793. The average molecular weight is 451 g/mol. The molecule has 0 unspecified atom stereocenters. The Morgan fingerprint density at radius 3 is 2.40 bits per heavy atom. The number of nitrogens with one attached hydrogen (secondary N) is 1. The molecule has 0 radical (unpaired) electrons. The van der Waals surface area contributed by atoms with Crippen LogP contribution in [0.1, 0.15) is 17.4 Å². The van der Waals surface area contributed by atoms with Gasteiger partial charge in [0.2, 0.25) is 15.9 Å². The highest BCUT2D eigenvalue weighted by Crippen LogP contribution is 2.21. The van der Waals surface area contributed by atoms with Gasteiger partial charge in [0.15, 0.2) is 0 Å². The number of carbonyl (C=O) groups excluding carboxylic acids is 1. The highest BCUT2D eigenvalue weighted by molar-refractivity contribution is 7.89. The lowest BCUT2D eigenvalue weighted by atomic mass is 10.1. The van der Waals surface area contributed by atoms with E-state index in [0.717, 1.165) is 4.31 Å². The van der Waals surface area contributed by atoms with Crippen LogP contribution in [-0.4, -0.2) is 41.8 Å². The van der Waals surface area contributed by atoms with Gasteiger partial charge in [-0.2, -0.15) is 4.31 Å². The molecule has 30 heavy (non-hydrogen) atoms. The monoisotopic (exact) mass is 450 g/mol. The smallest absolute Gasteiger partial charge is 0.243 e. The van der Waals surface area contributed by atoms with E-state index in [1.807, 2.05) is 0 Å². The Hall–Kier alpha value is -2.75. The number of aryl methyl sites for hydroxylation is 1. The van der Waals surface area contributed by atoms with Crippen LogP contribution in [0.2, 0.25) is 5.02 Å². The molecular weight excluding hydrogens is 431 g/mol. The molecule has 7 nitrogen and oxygen atoms in total. The van der Waals surface area contributed by atoms with Crippen molar-refractivity contribution in [3.05, 3.63) is 83.2 Å². The zero-order valence-electron chi connectivity index (χ0n) is 16.3. The number of rotatable bonds is 7. The number of carbonyl (C=O) groups is 1. The Labute approximate surface area is 179 Å². The van der Waals surface area contributed by atoms with Crippen molar-refractivity contribution in [1.29, 1.82) is 0 Å². The van der Waals surface area contributed by atoms with Gasteiger partial charge in [0, 0.05) is 31.5 Å². The molecule has 0 aliphatic carbocycles. The summed E-state index contributed by atoms with van der Waals surface area (Å²) in [6, 6.07) is 10.7. The summed E-state index contributed by atoms with van der Waals surface area (Å²) in [5, 5.41) is 3.20. The number of hydrogen-bond acceptors (Lipinski definition) is 4. The summed E-state index contributed by atoms with van der Waals surface area (Å²) >= 11 is 5.81. The van der Waals surface area contributed by atoms with Crippen molar-refractivity contribution in [2.45, 2.75) is 10.9 Å². The van der Waals surface area contributed by atoms with Crippen molar-refractivity contribution in [2.24, 2.45) is 7.05 Å². The summed E-state index contributed by atoms with van der Waals surface area (Å²) < 4.78 is 41.4. The first-order valence-corrected chi connectivity index (χ1v) is 10.7. The van der Waals surface area contributed by atoms with Gasteiger partial charge >= 0.3 is 0 Å². The minimum Gasteiger partial charge on any atom is -0.341 e. The maximum absolute atomic E-state index is 13.3. The Morgan fingerprint density at radius 1 is 1.20 bits per heavy atom. The number of nitrogens with zero attached hydrogens (tertiary/aromatic N) is 3. The maximum Gasteiger partial charge on any atom is 0.243 e. The van der Waals surface area contributed by atoms with Gasteiger partial charge in [-0.3, -0.25) is 4.79 Å². The van der Waals surface area contributed by atoms with E-state index in [0.29, 0.717) is 16.4 Å². The number of sulfonamides is 1. The summed E-state index contributed by atoms with van der Waals surface area (Å²) in [4.78, 5) is 17.0. The molecule has 1 amide bonds. The zero-order valence-corrected chi connectivity index (χ0v) is 17.9. The van der Waals surface area contributed by atoms with Crippen LogP contribution in [0, 0.1) is 5.82 Å². The number of benzene rings is 2. The van der Waals surface area contributed by atoms with E-state index < -0.39 is 34.3 Å². The fourth-order valence-corrected chi connectivity index (χ4v) is 4.14. The Bertz CT molecular complexity index is 1130. The molecule has 3 aromatic rings. The second-order valence-corrected chi connectivity index (χ2v) is 9.14. The van der Waals surface area contributed by atoms with Gasteiger partial charge in [0.1, 0.15) is 17.7 Å². The van der Waals surface area contributed by atoms with E-state index in [4.69, 9.17) is 11.6 Å². The van der Waals surface area contributed by atoms with E-state index in [2.05, 4.69) is 10.3 Å². The predicted octanol–water partition coefficient (Wildman–Crippen LogP) is 2.74. The fourth-order valence-electron chi connectivity index (χ4n) is 2.89. The third kappa shape index (κ3) is 4.86. The maximum atomic E-state index is 13.3. The third-order valence-corrected chi connectivity index (χ3v) is 6.58. The normalized spacial score (nSPS) is 12.7. The molecule has 1 heterocycles. The molecule has 3 rings (SSSR count).